The second-order valence-corrected chi connectivity index (χ2v) is 10.6. The number of benzene rings is 4. The van der Waals surface area contributed by atoms with E-state index >= 15 is 0 Å². The van der Waals surface area contributed by atoms with E-state index in [0.29, 0.717) is 23.6 Å². The van der Waals surface area contributed by atoms with Gasteiger partial charge in [0.2, 0.25) is 0 Å². The van der Waals surface area contributed by atoms with Crippen molar-refractivity contribution in [3.05, 3.63) is 125 Å². The standard InChI is InChI=1S/C30H29N3O4S/c1-23-17-24(2)19-27(18-23)33(38(35,36)28-14-7-4-8-15-28)21-30(34)32-31-20-26-13-9-10-16-29(26)37-22-25-11-5-3-6-12-25/h3-20H,21-22H2,1-2H3,(H,32,34)/b31-20-. The Balaban J connectivity index is 1.50. The van der Waals surface area contributed by atoms with Crippen molar-refractivity contribution < 1.29 is 17.9 Å². The number of ether oxygens (including phenoxy) is 1. The highest BCUT2D eigenvalue weighted by atomic mass is 32.2. The van der Waals surface area contributed by atoms with Crippen molar-refractivity contribution in [1.82, 2.24) is 5.43 Å². The summed E-state index contributed by atoms with van der Waals surface area (Å²) in [4.78, 5) is 13.0. The van der Waals surface area contributed by atoms with Gasteiger partial charge < -0.3 is 4.74 Å². The number of carbonyl (C=O) groups excluding carboxylic acids is 1. The predicted molar refractivity (Wildman–Crippen MR) is 150 cm³/mol. The van der Waals surface area contributed by atoms with Gasteiger partial charge in [-0.3, -0.25) is 9.10 Å². The number of rotatable bonds is 10. The zero-order valence-electron chi connectivity index (χ0n) is 21.2. The zero-order valence-corrected chi connectivity index (χ0v) is 22.1. The maximum absolute atomic E-state index is 13.5. The van der Waals surface area contributed by atoms with E-state index in [1.807, 2.05) is 74.5 Å². The molecule has 0 unspecified atom stereocenters. The summed E-state index contributed by atoms with van der Waals surface area (Å²) in [6.07, 6.45) is 1.48. The smallest absolute Gasteiger partial charge is 0.264 e. The molecule has 0 aromatic heterocycles. The molecular formula is C30H29N3O4S. The van der Waals surface area contributed by atoms with Crippen LogP contribution in [0.25, 0.3) is 0 Å². The Labute approximate surface area is 223 Å². The Morgan fingerprint density at radius 2 is 1.47 bits per heavy atom. The van der Waals surface area contributed by atoms with Crippen LogP contribution >= 0.6 is 0 Å². The molecule has 1 N–H and O–H groups in total. The maximum Gasteiger partial charge on any atom is 0.264 e. The number of carbonyl (C=O) groups is 1. The van der Waals surface area contributed by atoms with Crippen LogP contribution in [0.15, 0.2) is 113 Å². The van der Waals surface area contributed by atoms with Crippen LogP contribution in [0, 0.1) is 13.8 Å². The number of hydrogen-bond acceptors (Lipinski definition) is 5. The van der Waals surface area contributed by atoms with E-state index in [4.69, 9.17) is 4.74 Å². The summed E-state index contributed by atoms with van der Waals surface area (Å²) in [5.74, 6) is 0.0282. The molecular weight excluding hydrogens is 498 g/mol. The highest BCUT2D eigenvalue weighted by Crippen LogP contribution is 2.26. The van der Waals surface area contributed by atoms with Gasteiger partial charge in [0.05, 0.1) is 16.8 Å². The normalized spacial score (nSPS) is 11.3. The Morgan fingerprint density at radius 1 is 0.868 bits per heavy atom. The molecule has 8 heteroatoms. The minimum Gasteiger partial charge on any atom is -0.488 e. The van der Waals surface area contributed by atoms with Crippen LogP contribution in [0.3, 0.4) is 0 Å². The summed E-state index contributed by atoms with van der Waals surface area (Å²) in [7, 11) is -4.00. The largest absolute Gasteiger partial charge is 0.488 e. The van der Waals surface area contributed by atoms with Gasteiger partial charge in [0.25, 0.3) is 15.9 Å². The van der Waals surface area contributed by atoms with Crippen molar-refractivity contribution in [2.45, 2.75) is 25.3 Å². The lowest BCUT2D eigenvalue weighted by Crippen LogP contribution is -2.39. The van der Waals surface area contributed by atoms with Gasteiger partial charge >= 0.3 is 0 Å². The Bertz CT molecular complexity index is 1500. The van der Waals surface area contributed by atoms with Crippen molar-refractivity contribution in [1.29, 1.82) is 0 Å². The Morgan fingerprint density at radius 3 is 2.16 bits per heavy atom. The minimum atomic E-state index is -4.00. The molecule has 0 atom stereocenters. The van der Waals surface area contributed by atoms with E-state index in [9.17, 15) is 13.2 Å². The number of hydrazone groups is 1. The number of nitrogens with one attached hydrogen (secondary N) is 1. The van der Waals surface area contributed by atoms with E-state index in [1.54, 1.807) is 30.3 Å². The van der Waals surface area contributed by atoms with Gasteiger partial charge in [-0.05, 0) is 66.9 Å². The average Bonchev–Trinajstić information content (AvgIpc) is 2.91. The van der Waals surface area contributed by atoms with Crippen molar-refractivity contribution in [2.75, 3.05) is 10.8 Å². The van der Waals surface area contributed by atoms with Gasteiger partial charge in [-0.2, -0.15) is 5.10 Å². The van der Waals surface area contributed by atoms with Crippen LogP contribution in [0.2, 0.25) is 0 Å². The van der Waals surface area contributed by atoms with E-state index in [-0.39, 0.29) is 4.90 Å². The van der Waals surface area contributed by atoms with Crippen LogP contribution in [0.5, 0.6) is 5.75 Å². The highest BCUT2D eigenvalue weighted by Gasteiger charge is 2.27. The first-order chi connectivity index (χ1) is 18.3. The number of para-hydroxylation sites is 1. The number of aryl methyl sites for hydroxylation is 2. The molecule has 0 spiro atoms. The summed E-state index contributed by atoms with van der Waals surface area (Å²) in [5.41, 5.74) is 6.34. The van der Waals surface area contributed by atoms with E-state index in [0.717, 1.165) is 21.0 Å². The van der Waals surface area contributed by atoms with Crippen LogP contribution in [0.4, 0.5) is 5.69 Å². The first-order valence-corrected chi connectivity index (χ1v) is 13.5. The third-order valence-electron chi connectivity index (χ3n) is 5.66. The Kier molecular flexibility index (Phi) is 8.55. The topological polar surface area (TPSA) is 88.1 Å². The number of nitrogens with zero attached hydrogens (tertiary/aromatic N) is 2. The fourth-order valence-corrected chi connectivity index (χ4v) is 5.35. The molecule has 1 amide bonds. The van der Waals surface area contributed by atoms with Gasteiger partial charge in [0.15, 0.2) is 0 Å². The van der Waals surface area contributed by atoms with E-state index in [2.05, 4.69) is 10.5 Å². The first kappa shape index (κ1) is 26.6. The van der Waals surface area contributed by atoms with Crippen molar-refractivity contribution in [2.24, 2.45) is 5.10 Å². The predicted octanol–water partition coefficient (Wildman–Crippen LogP) is 5.23. The van der Waals surface area contributed by atoms with E-state index in [1.165, 1.54) is 18.3 Å². The first-order valence-electron chi connectivity index (χ1n) is 12.1. The molecule has 7 nitrogen and oxygen atoms in total. The van der Waals surface area contributed by atoms with Crippen molar-refractivity contribution in [3.63, 3.8) is 0 Å². The number of sulfonamides is 1. The summed E-state index contributed by atoms with van der Waals surface area (Å²) in [6.45, 7) is 3.71. The van der Waals surface area contributed by atoms with Gasteiger partial charge in [-0.25, -0.2) is 13.8 Å². The van der Waals surface area contributed by atoms with Crippen LogP contribution in [-0.2, 0) is 21.4 Å². The highest BCUT2D eigenvalue weighted by molar-refractivity contribution is 7.92. The quantitative estimate of drug-likeness (QED) is 0.226. The molecule has 0 heterocycles. The van der Waals surface area contributed by atoms with E-state index < -0.39 is 22.5 Å². The van der Waals surface area contributed by atoms with Gasteiger partial charge in [-0.1, -0.05) is 66.7 Å². The monoisotopic (exact) mass is 527 g/mol. The lowest BCUT2D eigenvalue weighted by atomic mass is 10.1. The van der Waals surface area contributed by atoms with Gasteiger partial charge in [0.1, 0.15) is 18.9 Å². The van der Waals surface area contributed by atoms with Gasteiger partial charge in [-0.15, -0.1) is 0 Å². The van der Waals surface area contributed by atoms with Crippen LogP contribution in [0.1, 0.15) is 22.3 Å². The van der Waals surface area contributed by atoms with Crippen LogP contribution < -0.4 is 14.5 Å². The molecule has 4 aromatic rings. The lowest BCUT2D eigenvalue weighted by Gasteiger charge is -2.24. The van der Waals surface area contributed by atoms with Crippen LogP contribution in [-0.4, -0.2) is 27.1 Å². The molecule has 4 aromatic carbocycles. The number of amides is 1. The maximum atomic E-state index is 13.5. The molecule has 0 aliphatic rings. The minimum absolute atomic E-state index is 0.0972. The Hall–Kier alpha value is -4.43. The van der Waals surface area contributed by atoms with Crippen molar-refractivity contribution >= 4 is 27.8 Å². The number of anilines is 1. The summed E-state index contributed by atoms with van der Waals surface area (Å²) in [5, 5.41) is 4.07. The molecule has 0 aliphatic carbocycles. The van der Waals surface area contributed by atoms with Crippen molar-refractivity contribution in [3.8, 4) is 5.75 Å². The molecule has 38 heavy (non-hydrogen) atoms. The fraction of sp³-hybridized carbons (Fsp3) is 0.133. The molecule has 0 saturated heterocycles. The third-order valence-corrected chi connectivity index (χ3v) is 7.45. The second-order valence-electron chi connectivity index (χ2n) is 8.78. The molecule has 194 valence electrons. The zero-order chi connectivity index (χ0) is 27.0. The molecule has 4 rings (SSSR count). The lowest BCUT2D eigenvalue weighted by molar-refractivity contribution is -0.119. The third kappa shape index (κ3) is 6.86. The summed E-state index contributed by atoms with van der Waals surface area (Å²) in [6, 6.07) is 30.6. The molecule has 0 radical (unpaired) electrons. The SMILES string of the molecule is Cc1cc(C)cc(N(CC(=O)N/N=C\c2ccccc2OCc2ccccc2)S(=O)(=O)c2ccccc2)c1. The molecule has 0 bridgehead atoms. The second kappa shape index (κ2) is 12.2. The fourth-order valence-electron chi connectivity index (χ4n) is 3.92. The molecule has 0 aliphatic heterocycles. The summed E-state index contributed by atoms with van der Waals surface area (Å²) < 4.78 is 34.1. The summed E-state index contributed by atoms with van der Waals surface area (Å²) >= 11 is 0. The average molecular weight is 528 g/mol. The molecule has 0 saturated carbocycles. The number of hydrogen-bond donors (Lipinski definition) is 1. The molecule has 0 fully saturated rings. The van der Waals surface area contributed by atoms with Gasteiger partial charge in [0, 0.05) is 5.56 Å².